The van der Waals surface area contributed by atoms with Crippen LogP contribution in [0.3, 0.4) is 0 Å². The minimum atomic E-state index is -0.973. The van der Waals surface area contributed by atoms with Gasteiger partial charge in [0.25, 0.3) is 0 Å². The number of hydrogen-bond acceptors (Lipinski definition) is 2. The molecule has 0 heterocycles. The Hall–Kier alpha value is -2.23. The smallest absolute Gasteiger partial charge is 0.167 e. The van der Waals surface area contributed by atoms with Crippen LogP contribution in [0, 0.1) is 11.6 Å². The van der Waals surface area contributed by atoms with Crippen molar-refractivity contribution in [2.24, 2.45) is 0 Å². The third-order valence-electron chi connectivity index (χ3n) is 2.77. The summed E-state index contributed by atoms with van der Waals surface area (Å²) in [6.07, 6.45) is -0.184. The maximum Gasteiger partial charge on any atom is 0.167 e. The average molecular weight is 262 g/mol. The maximum absolute atomic E-state index is 13.5. The van der Waals surface area contributed by atoms with Gasteiger partial charge in [-0.25, -0.2) is 8.78 Å². The van der Waals surface area contributed by atoms with Crippen molar-refractivity contribution in [2.45, 2.75) is 6.42 Å². The lowest BCUT2D eigenvalue weighted by Crippen LogP contribution is -2.06. The number of carbonyl (C=O) groups excluding carboxylic acids is 1. The zero-order valence-electron chi connectivity index (χ0n) is 10.3. The average Bonchev–Trinajstić information content (AvgIpc) is 2.44. The number of carbonyl (C=O) groups is 1. The van der Waals surface area contributed by atoms with E-state index in [1.54, 1.807) is 24.3 Å². The molecular formula is C15H12F2O2. The molecule has 0 saturated carbocycles. The zero-order chi connectivity index (χ0) is 13.8. The van der Waals surface area contributed by atoms with Crippen LogP contribution in [0.1, 0.15) is 15.9 Å². The van der Waals surface area contributed by atoms with Gasteiger partial charge in [-0.3, -0.25) is 4.79 Å². The summed E-state index contributed by atoms with van der Waals surface area (Å²) in [6.45, 7) is 0. The number of ether oxygens (including phenoxy) is 1. The third kappa shape index (κ3) is 2.96. The van der Waals surface area contributed by atoms with Crippen LogP contribution in [-0.2, 0) is 6.42 Å². The highest BCUT2D eigenvalue weighted by Gasteiger charge is 2.13. The summed E-state index contributed by atoms with van der Waals surface area (Å²) in [5.74, 6) is -1.66. The summed E-state index contributed by atoms with van der Waals surface area (Å²) < 4.78 is 31.5. The lowest BCUT2D eigenvalue weighted by atomic mass is 10.0. The van der Waals surface area contributed by atoms with E-state index in [0.29, 0.717) is 11.3 Å². The summed E-state index contributed by atoms with van der Waals surface area (Å²) in [5.41, 5.74) is 0.454. The molecule has 0 unspecified atom stereocenters. The Balaban J connectivity index is 2.23. The van der Waals surface area contributed by atoms with Crippen LogP contribution < -0.4 is 4.74 Å². The van der Waals surface area contributed by atoms with E-state index in [9.17, 15) is 13.6 Å². The highest BCUT2D eigenvalue weighted by Crippen LogP contribution is 2.17. The number of hydrogen-bond donors (Lipinski definition) is 0. The molecule has 2 aromatic carbocycles. The number of ketones is 1. The van der Waals surface area contributed by atoms with Crippen LogP contribution in [0.4, 0.5) is 8.78 Å². The standard InChI is InChI=1S/C15H12F2O2/c1-19-12-6-2-4-10(8-12)14(18)9-11-5-3-7-13(16)15(11)17/h2-8H,9H2,1H3. The fraction of sp³-hybridized carbons (Fsp3) is 0.133. The second-order valence-corrected chi connectivity index (χ2v) is 4.04. The molecule has 0 fully saturated rings. The van der Waals surface area contributed by atoms with E-state index >= 15 is 0 Å². The van der Waals surface area contributed by atoms with E-state index in [1.165, 1.54) is 19.2 Å². The molecular weight excluding hydrogens is 250 g/mol. The van der Waals surface area contributed by atoms with Crippen molar-refractivity contribution >= 4 is 5.78 Å². The molecule has 0 aliphatic rings. The van der Waals surface area contributed by atoms with Gasteiger partial charge in [0, 0.05) is 12.0 Å². The minimum absolute atomic E-state index is 0.0489. The molecule has 2 rings (SSSR count). The van der Waals surface area contributed by atoms with Crippen molar-refractivity contribution in [3.8, 4) is 5.75 Å². The van der Waals surface area contributed by atoms with E-state index in [0.717, 1.165) is 6.07 Å². The van der Waals surface area contributed by atoms with Crippen molar-refractivity contribution in [3.05, 3.63) is 65.2 Å². The molecule has 19 heavy (non-hydrogen) atoms. The number of halogens is 2. The maximum atomic E-state index is 13.5. The molecule has 0 bridgehead atoms. The summed E-state index contributed by atoms with van der Waals surface area (Å²) in [4.78, 5) is 12.0. The van der Waals surface area contributed by atoms with Crippen molar-refractivity contribution in [2.75, 3.05) is 7.11 Å². The van der Waals surface area contributed by atoms with Gasteiger partial charge in [-0.1, -0.05) is 24.3 Å². The summed E-state index contributed by atoms with van der Waals surface area (Å²) in [6, 6.07) is 10.4. The minimum Gasteiger partial charge on any atom is -0.497 e. The quantitative estimate of drug-likeness (QED) is 0.789. The van der Waals surface area contributed by atoms with Crippen LogP contribution in [0.5, 0.6) is 5.75 Å². The fourth-order valence-electron chi connectivity index (χ4n) is 1.76. The summed E-state index contributed by atoms with van der Waals surface area (Å²) in [5, 5.41) is 0. The Morgan fingerprint density at radius 3 is 2.63 bits per heavy atom. The van der Waals surface area contributed by atoms with E-state index < -0.39 is 11.6 Å². The molecule has 0 atom stereocenters. The van der Waals surface area contributed by atoms with E-state index in [-0.39, 0.29) is 17.8 Å². The molecule has 4 heteroatoms. The van der Waals surface area contributed by atoms with Gasteiger partial charge in [0.2, 0.25) is 0 Å². The summed E-state index contributed by atoms with van der Waals surface area (Å²) in [7, 11) is 1.50. The first-order valence-electron chi connectivity index (χ1n) is 5.72. The van der Waals surface area contributed by atoms with Gasteiger partial charge in [0.05, 0.1) is 7.11 Å². The lowest BCUT2D eigenvalue weighted by Gasteiger charge is -2.05. The molecule has 0 N–H and O–H groups in total. The molecule has 2 nitrogen and oxygen atoms in total. The van der Waals surface area contributed by atoms with Gasteiger partial charge < -0.3 is 4.74 Å². The van der Waals surface area contributed by atoms with Crippen molar-refractivity contribution in [3.63, 3.8) is 0 Å². The number of benzene rings is 2. The topological polar surface area (TPSA) is 26.3 Å². The molecule has 0 amide bonds. The van der Waals surface area contributed by atoms with E-state index in [1.807, 2.05) is 0 Å². The second kappa shape index (κ2) is 5.61. The van der Waals surface area contributed by atoms with Gasteiger partial charge in [-0.15, -0.1) is 0 Å². The molecule has 2 aromatic rings. The normalized spacial score (nSPS) is 10.3. The van der Waals surface area contributed by atoms with Crippen molar-refractivity contribution in [1.82, 2.24) is 0 Å². The first-order chi connectivity index (χ1) is 9.11. The largest absolute Gasteiger partial charge is 0.497 e. The van der Waals surface area contributed by atoms with Crippen LogP contribution in [0.15, 0.2) is 42.5 Å². The molecule has 0 aliphatic heterocycles. The summed E-state index contributed by atoms with van der Waals surface area (Å²) >= 11 is 0. The predicted octanol–water partition coefficient (Wildman–Crippen LogP) is 3.40. The zero-order valence-corrected chi connectivity index (χ0v) is 10.3. The van der Waals surface area contributed by atoms with Gasteiger partial charge in [0.1, 0.15) is 5.75 Å². The molecule has 98 valence electrons. The van der Waals surface area contributed by atoms with Crippen LogP contribution in [0.2, 0.25) is 0 Å². The highest BCUT2D eigenvalue weighted by molar-refractivity contribution is 5.97. The number of methoxy groups -OCH3 is 1. The molecule has 0 saturated heterocycles. The second-order valence-electron chi connectivity index (χ2n) is 4.04. The van der Waals surface area contributed by atoms with Crippen molar-refractivity contribution in [1.29, 1.82) is 0 Å². The first-order valence-corrected chi connectivity index (χ1v) is 5.72. The number of rotatable bonds is 4. The predicted molar refractivity (Wildman–Crippen MR) is 67.4 cm³/mol. The highest BCUT2D eigenvalue weighted by atomic mass is 19.2. The van der Waals surface area contributed by atoms with Gasteiger partial charge in [-0.2, -0.15) is 0 Å². The fourth-order valence-corrected chi connectivity index (χ4v) is 1.76. The molecule has 0 radical (unpaired) electrons. The molecule has 0 spiro atoms. The van der Waals surface area contributed by atoms with E-state index in [4.69, 9.17) is 4.74 Å². The third-order valence-corrected chi connectivity index (χ3v) is 2.77. The number of Topliss-reactive ketones (excluding diaryl/α,β-unsaturated/α-hetero) is 1. The molecule has 0 aliphatic carbocycles. The van der Waals surface area contributed by atoms with Crippen LogP contribution >= 0.6 is 0 Å². The van der Waals surface area contributed by atoms with E-state index in [2.05, 4.69) is 0 Å². The Morgan fingerprint density at radius 1 is 1.16 bits per heavy atom. The Morgan fingerprint density at radius 2 is 1.89 bits per heavy atom. The Bertz CT molecular complexity index is 609. The van der Waals surface area contributed by atoms with Crippen LogP contribution in [-0.4, -0.2) is 12.9 Å². The first kappa shape index (κ1) is 13.2. The Kier molecular flexibility index (Phi) is 3.90. The Labute approximate surface area is 109 Å². The monoisotopic (exact) mass is 262 g/mol. The van der Waals surface area contributed by atoms with Gasteiger partial charge >= 0.3 is 0 Å². The van der Waals surface area contributed by atoms with Gasteiger partial charge in [0.15, 0.2) is 17.4 Å². The van der Waals surface area contributed by atoms with Crippen molar-refractivity contribution < 1.29 is 18.3 Å². The van der Waals surface area contributed by atoms with Gasteiger partial charge in [-0.05, 0) is 23.8 Å². The molecule has 0 aromatic heterocycles. The van der Waals surface area contributed by atoms with Crippen LogP contribution in [0.25, 0.3) is 0 Å². The lowest BCUT2D eigenvalue weighted by molar-refractivity contribution is 0.0991. The SMILES string of the molecule is COc1cccc(C(=O)Cc2cccc(F)c2F)c1.